The fraction of sp³-hybridized carbons (Fsp3) is 0.278. The third-order valence-electron chi connectivity index (χ3n) is 3.73. The van der Waals surface area contributed by atoms with Gasteiger partial charge in [0, 0.05) is 17.2 Å². The summed E-state index contributed by atoms with van der Waals surface area (Å²) in [6.45, 7) is 4.12. The Morgan fingerprint density at radius 1 is 1.09 bits per heavy atom. The first kappa shape index (κ1) is 14.4. The summed E-state index contributed by atoms with van der Waals surface area (Å²) in [6, 6.07) is 15.4. The van der Waals surface area contributed by atoms with Crippen molar-refractivity contribution in [2.24, 2.45) is 5.41 Å². The molecule has 1 heterocycles. The van der Waals surface area contributed by atoms with Crippen molar-refractivity contribution in [1.82, 2.24) is 0 Å². The van der Waals surface area contributed by atoms with Gasteiger partial charge in [0.1, 0.15) is 0 Å². The van der Waals surface area contributed by atoms with Gasteiger partial charge in [0.2, 0.25) is 12.7 Å². The number of ether oxygens (including phenoxy) is 2. The predicted octanol–water partition coefficient (Wildman–Crippen LogP) is 3.62. The van der Waals surface area contributed by atoms with Crippen LogP contribution in [0.4, 0.5) is 5.69 Å². The first-order chi connectivity index (χ1) is 10.5. The Hall–Kier alpha value is -2.49. The molecule has 22 heavy (non-hydrogen) atoms. The van der Waals surface area contributed by atoms with Gasteiger partial charge in [-0.3, -0.25) is 4.79 Å². The first-order valence-corrected chi connectivity index (χ1v) is 7.30. The maximum atomic E-state index is 12.6. The van der Waals surface area contributed by atoms with E-state index < -0.39 is 5.41 Å². The van der Waals surface area contributed by atoms with Crippen molar-refractivity contribution in [2.75, 3.05) is 12.1 Å². The SMILES string of the molecule is CC(C)(Cc1ccccc1)C(=O)Nc1ccc2c(c1)OCO2. The molecule has 0 fully saturated rings. The van der Waals surface area contributed by atoms with Crippen molar-refractivity contribution in [3.05, 3.63) is 54.1 Å². The molecule has 2 aromatic rings. The van der Waals surface area contributed by atoms with Crippen molar-refractivity contribution >= 4 is 11.6 Å². The zero-order valence-electron chi connectivity index (χ0n) is 12.8. The highest BCUT2D eigenvalue weighted by Crippen LogP contribution is 2.34. The van der Waals surface area contributed by atoms with E-state index in [-0.39, 0.29) is 12.7 Å². The van der Waals surface area contributed by atoms with E-state index in [4.69, 9.17) is 9.47 Å². The topological polar surface area (TPSA) is 47.6 Å². The zero-order valence-corrected chi connectivity index (χ0v) is 12.8. The molecule has 4 heteroatoms. The van der Waals surface area contributed by atoms with E-state index in [1.807, 2.05) is 56.3 Å². The maximum Gasteiger partial charge on any atom is 0.231 e. The van der Waals surface area contributed by atoms with Crippen LogP contribution in [0.15, 0.2) is 48.5 Å². The Labute approximate surface area is 130 Å². The van der Waals surface area contributed by atoms with Crippen LogP contribution in [0.3, 0.4) is 0 Å². The lowest BCUT2D eigenvalue weighted by Crippen LogP contribution is -2.32. The molecule has 0 radical (unpaired) electrons. The van der Waals surface area contributed by atoms with E-state index in [1.165, 1.54) is 0 Å². The second kappa shape index (κ2) is 5.72. The number of benzene rings is 2. The number of fused-ring (bicyclic) bond motifs is 1. The standard InChI is InChI=1S/C18H19NO3/c1-18(2,11-13-6-4-3-5-7-13)17(20)19-14-8-9-15-16(10-14)22-12-21-15/h3-10H,11-12H2,1-2H3,(H,19,20). The predicted molar refractivity (Wildman–Crippen MR) is 85.1 cm³/mol. The quantitative estimate of drug-likeness (QED) is 0.937. The van der Waals surface area contributed by atoms with Crippen LogP contribution in [0.25, 0.3) is 0 Å². The maximum absolute atomic E-state index is 12.6. The minimum absolute atomic E-state index is 0.0183. The Balaban J connectivity index is 1.70. The molecule has 3 rings (SSSR count). The number of hydrogen-bond acceptors (Lipinski definition) is 3. The van der Waals surface area contributed by atoms with Crippen LogP contribution < -0.4 is 14.8 Å². The summed E-state index contributed by atoms with van der Waals surface area (Å²) in [6.07, 6.45) is 0.685. The van der Waals surface area contributed by atoms with Gasteiger partial charge in [0.15, 0.2) is 11.5 Å². The molecule has 0 spiro atoms. The van der Waals surface area contributed by atoms with Crippen molar-refractivity contribution < 1.29 is 14.3 Å². The van der Waals surface area contributed by atoms with E-state index in [9.17, 15) is 4.79 Å². The number of carbonyl (C=O) groups excluding carboxylic acids is 1. The average molecular weight is 297 g/mol. The summed E-state index contributed by atoms with van der Waals surface area (Å²) in [7, 11) is 0. The number of hydrogen-bond donors (Lipinski definition) is 1. The van der Waals surface area contributed by atoms with Crippen LogP contribution in [0.1, 0.15) is 19.4 Å². The minimum atomic E-state index is -0.502. The van der Waals surface area contributed by atoms with E-state index in [1.54, 1.807) is 6.07 Å². The molecule has 2 aromatic carbocycles. The molecule has 0 saturated carbocycles. The molecule has 0 saturated heterocycles. The highest BCUT2D eigenvalue weighted by molar-refractivity contribution is 5.95. The summed E-state index contributed by atoms with van der Waals surface area (Å²) in [5, 5.41) is 2.96. The molecule has 0 unspecified atom stereocenters. The van der Waals surface area contributed by atoms with Gasteiger partial charge in [-0.1, -0.05) is 44.2 Å². The fourth-order valence-corrected chi connectivity index (χ4v) is 2.46. The van der Waals surface area contributed by atoms with Crippen molar-refractivity contribution in [1.29, 1.82) is 0 Å². The third-order valence-corrected chi connectivity index (χ3v) is 3.73. The van der Waals surface area contributed by atoms with E-state index in [2.05, 4.69) is 5.32 Å². The van der Waals surface area contributed by atoms with Gasteiger partial charge in [-0.25, -0.2) is 0 Å². The largest absolute Gasteiger partial charge is 0.454 e. The smallest absolute Gasteiger partial charge is 0.231 e. The lowest BCUT2D eigenvalue weighted by atomic mass is 9.84. The van der Waals surface area contributed by atoms with Crippen LogP contribution in [0, 0.1) is 5.41 Å². The normalized spacial score (nSPS) is 13.0. The number of carbonyl (C=O) groups is 1. The van der Waals surface area contributed by atoms with Crippen LogP contribution in [-0.2, 0) is 11.2 Å². The van der Waals surface area contributed by atoms with Gasteiger partial charge < -0.3 is 14.8 Å². The number of nitrogens with one attached hydrogen (secondary N) is 1. The van der Waals surface area contributed by atoms with Gasteiger partial charge in [0.05, 0.1) is 0 Å². The van der Waals surface area contributed by atoms with Gasteiger partial charge in [-0.2, -0.15) is 0 Å². The van der Waals surface area contributed by atoms with Crippen LogP contribution in [0.2, 0.25) is 0 Å². The summed E-state index contributed by atoms with van der Waals surface area (Å²) < 4.78 is 10.6. The van der Waals surface area contributed by atoms with Crippen LogP contribution >= 0.6 is 0 Å². The highest BCUT2D eigenvalue weighted by atomic mass is 16.7. The monoisotopic (exact) mass is 297 g/mol. The first-order valence-electron chi connectivity index (χ1n) is 7.30. The van der Waals surface area contributed by atoms with Crippen LogP contribution in [0.5, 0.6) is 11.5 Å². The molecule has 0 atom stereocenters. The molecule has 0 bridgehead atoms. The second-order valence-corrected chi connectivity index (χ2v) is 6.07. The average Bonchev–Trinajstić information content (AvgIpc) is 2.95. The molecular formula is C18H19NO3. The van der Waals surface area contributed by atoms with Crippen molar-refractivity contribution in [3.63, 3.8) is 0 Å². The number of anilines is 1. The molecule has 1 N–H and O–H groups in total. The summed E-state index contributed by atoms with van der Waals surface area (Å²) >= 11 is 0. The molecule has 1 aliphatic heterocycles. The number of amides is 1. The lowest BCUT2D eigenvalue weighted by Gasteiger charge is -2.23. The van der Waals surface area contributed by atoms with Gasteiger partial charge in [0.25, 0.3) is 0 Å². The lowest BCUT2D eigenvalue weighted by molar-refractivity contribution is -0.123. The van der Waals surface area contributed by atoms with E-state index >= 15 is 0 Å². The fourth-order valence-electron chi connectivity index (χ4n) is 2.46. The molecule has 0 aliphatic carbocycles. The van der Waals surface area contributed by atoms with Gasteiger partial charge >= 0.3 is 0 Å². The molecule has 1 aliphatic rings. The summed E-state index contributed by atoms with van der Waals surface area (Å²) in [4.78, 5) is 12.6. The summed E-state index contributed by atoms with van der Waals surface area (Å²) in [5.41, 5.74) is 1.36. The third kappa shape index (κ3) is 3.06. The molecule has 4 nitrogen and oxygen atoms in total. The van der Waals surface area contributed by atoms with E-state index in [0.29, 0.717) is 17.9 Å². The Morgan fingerprint density at radius 2 is 1.82 bits per heavy atom. The van der Waals surface area contributed by atoms with E-state index in [0.717, 1.165) is 11.3 Å². The van der Waals surface area contributed by atoms with Crippen LogP contribution in [-0.4, -0.2) is 12.7 Å². The zero-order chi connectivity index (χ0) is 15.6. The number of rotatable bonds is 4. The minimum Gasteiger partial charge on any atom is -0.454 e. The Morgan fingerprint density at radius 3 is 2.59 bits per heavy atom. The summed E-state index contributed by atoms with van der Waals surface area (Å²) in [5.74, 6) is 1.36. The Bertz CT molecular complexity index is 680. The van der Waals surface area contributed by atoms with Gasteiger partial charge in [-0.05, 0) is 24.1 Å². The molecule has 114 valence electrons. The molecule has 0 aromatic heterocycles. The second-order valence-electron chi connectivity index (χ2n) is 6.07. The molecular weight excluding hydrogens is 278 g/mol. The highest BCUT2D eigenvalue weighted by Gasteiger charge is 2.28. The van der Waals surface area contributed by atoms with Gasteiger partial charge in [-0.15, -0.1) is 0 Å². The van der Waals surface area contributed by atoms with Crippen molar-refractivity contribution in [2.45, 2.75) is 20.3 Å². The van der Waals surface area contributed by atoms with Crippen molar-refractivity contribution in [3.8, 4) is 11.5 Å². The Kier molecular flexibility index (Phi) is 3.75. The molecule has 1 amide bonds.